The highest BCUT2D eigenvalue weighted by atomic mass is 35.5. The van der Waals surface area contributed by atoms with Gasteiger partial charge in [-0.25, -0.2) is 0 Å². The van der Waals surface area contributed by atoms with Gasteiger partial charge < -0.3 is 15.5 Å². The lowest BCUT2D eigenvalue weighted by Gasteiger charge is -2.36. The van der Waals surface area contributed by atoms with Crippen molar-refractivity contribution in [2.75, 3.05) is 29.9 Å². The molecule has 1 saturated heterocycles. The number of nitrogens with one attached hydrogen (secondary N) is 3. The van der Waals surface area contributed by atoms with Crippen molar-refractivity contribution in [3.63, 3.8) is 0 Å². The number of benzene rings is 1. The van der Waals surface area contributed by atoms with Crippen LogP contribution in [0.1, 0.15) is 23.3 Å². The Balaban J connectivity index is 0.00000113. The molecule has 4 nitrogen and oxygen atoms in total. The minimum atomic E-state index is 0. The lowest BCUT2D eigenvalue weighted by Crippen LogP contribution is -2.40. The monoisotopic (exact) mass is 398 g/mol. The SMILES string of the molecule is Cl.Cl.N=C(Nc1ccc2c(c1)CCCN2C1CCNC1)c1cccs1. The Bertz CT molecular complexity index is 699. The second-order valence-corrected chi connectivity index (χ2v) is 7.21. The number of halogens is 2. The molecule has 0 amide bonds. The molecule has 1 atom stereocenters. The largest absolute Gasteiger partial charge is 0.367 e. The van der Waals surface area contributed by atoms with Gasteiger partial charge in [0.25, 0.3) is 0 Å². The van der Waals surface area contributed by atoms with Gasteiger partial charge in [-0.2, -0.15) is 0 Å². The number of nitrogens with zero attached hydrogens (tertiary/aromatic N) is 1. The topological polar surface area (TPSA) is 51.2 Å². The summed E-state index contributed by atoms with van der Waals surface area (Å²) in [5.74, 6) is 0.479. The maximum absolute atomic E-state index is 8.18. The number of rotatable bonds is 3. The van der Waals surface area contributed by atoms with Crippen molar-refractivity contribution in [3.8, 4) is 0 Å². The molecule has 0 saturated carbocycles. The molecular weight excluding hydrogens is 375 g/mol. The summed E-state index contributed by atoms with van der Waals surface area (Å²) >= 11 is 1.59. The summed E-state index contributed by atoms with van der Waals surface area (Å²) in [6.07, 6.45) is 3.59. The van der Waals surface area contributed by atoms with Crippen LogP contribution in [-0.2, 0) is 6.42 Å². The van der Waals surface area contributed by atoms with E-state index in [9.17, 15) is 0 Å². The van der Waals surface area contributed by atoms with E-state index < -0.39 is 0 Å². The molecule has 2 aromatic rings. The van der Waals surface area contributed by atoms with Crippen LogP contribution in [0, 0.1) is 5.41 Å². The second-order valence-electron chi connectivity index (χ2n) is 6.26. The van der Waals surface area contributed by atoms with Crippen molar-refractivity contribution in [1.82, 2.24) is 5.32 Å². The van der Waals surface area contributed by atoms with Gasteiger partial charge in [0.15, 0.2) is 0 Å². The number of amidine groups is 1. The number of anilines is 2. The van der Waals surface area contributed by atoms with E-state index in [0.29, 0.717) is 11.9 Å². The van der Waals surface area contributed by atoms with Crippen LogP contribution in [0.2, 0.25) is 0 Å². The molecule has 1 aromatic carbocycles. The zero-order valence-electron chi connectivity index (χ0n) is 14.0. The fourth-order valence-electron chi connectivity index (χ4n) is 3.62. The maximum Gasteiger partial charge on any atom is 0.140 e. The van der Waals surface area contributed by atoms with E-state index in [4.69, 9.17) is 5.41 Å². The molecule has 0 bridgehead atoms. The lowest BCUT2D eigenvalue weighted by molar-refractivity contribution is 0.592. The van der Waals surface area contributed by atoms with Crippen LogP contribution in [0.4, 0.5) is 11.4 Å². The van der Waals surface area contributed by atoms with Crippen LogP contribution in [0.3, 0.4) is 0 Å². The van der Waals surface area contributed by atoms with Gasteiger partial charge in [0.2, 0.25) is 0 Å². The van der Waals surface area contributed by atoms with E-state index in [1.54, 1.807) is 11.3 Å². The van der Waals surface area contributed by atoms with Crippen LogP contribution in [0.15, 0.2) is 35.7 Å². The van der Waals surface area contributed by atoms with E-state index in [1.807, 2.05) is 17.5 Å². The van der Waals surface area contributed by atoms with Gasteiger partial charge in [-0.15, -0.1) is 36.2 Å². The Morgan fingerprint density at radius 3 is 2.88 bits per heavy atom. The predicted molar refractivity (Wildman–Crippen MR) is 113 cm³/mol. The van der Waals surface area contributed by atoms with Gasteiger partial charge >= 0.3 is 0 Å². The van der Waals surface area contributed by atoms with Gasteiger partial charge in [0.05, 0.1) is 4.88 Å². The highest BCUT2D eigenvalue weighted by molar-refractivity contribution is 7.12. The van der Waals surface area contributed by atoms with Gasteiger partial charge in [-0.1, -0.05) is 6.07 Å². The summed E-state index contributed by atoms with van der Waals surface area (Å²) < 4.78 is 0. The molecule has 2 aliphatic rings. The first kappa shape index (κ1) is 20.0. The summed E-state index contributed by atoms with van der Waals surface area (Å²) in [4.78, 5) is 3.55. The van der Waals surface area contributed by atoms with Gasteiger partial charge in [-0.3, -0.25) is 5.41 Å². The minimum absolute atomic E-state index is 0. The molecular formula is C18H24Cl2N4S. The highest BCUT2D eigenvalue weighted by Gasteiger charge is 2.26. The fraction of sp³-hybridized carbons (Fsp3) is 0.389. The molecule has 0 radical (unpaired) electrons. The molecule has 1 unspecified atom stereocenters. The smallest absolute Gasteiger partial charge is 0.140 e. The summed E-state index contributed by atoms with van der Waals surface area (Å²) in [6.45, 7) is 3.40. The predicted octanol–water partition coefficient (Wildman–Crippen LogP) is 4.14. The first-order chi connectivity index (χ1) is 11.3. The normalized spacial score (nSPS) is 18.7. The molecule has 1 fully saturated rings. The van der Waals surface area contributed by atoms with Crippen LogP contribution >= 0.6 is 36.2 Å². The molecule has 3 heterocycles. The average molecular weight is 399 g/mol. The van der Waals surface area contributed by atoms with Gasteiger partial charge in [0.1, 0.15) is 5.84 Å². The standard InChI is InChI=1S/C18H22N4S.2ClH/c19-18(17-4-2-10-23-17)21-14-5-6-16-13(11-14)3-1-9-22(16)15-7-8-20-12-15;;/h2,4-6,10-11,15,20H,1,3,7-9,12H2,(H2,19,21);2*1H. The molecule has 1 aromatic heterocycles. The summed E-state index contributed by atoms with van der Waals surface area (Å²) in [7, 11) is 0. The highest BCUT2D eigenvalue weighted by Crippen LogP contribution is 2.32. The van der Waals surface area contributed by atoms with Crippen molar-refractivity contribution < 1.29 is 0 Å². The van der Waals surface area contributed by atoms with Crippen LogP contribution in [0.25, 0.3) is 0 Å². The van der Waals surface area contributed by atoms with Crippen LogP contribution in [0.5, 0.6) is 0 Å². The molecule has 7 heteroatoms. The van der Waals surface area contributed by atoms with Crippen molar-refractivity contribution in [3.05, 3.63) is 46.2 Å². The average Bonchev–Trinajstić information content (AvgIpc) is 3.27. The molecule has 136 valence electrons. The van der Waals surface area contributed by atoms with Crippen LogP contribution < -0.4 is 15.5 Å². The Morgan fingerprint density at radius 1 is 1.28 bits per heavy atom. The third kappa shape index (κ3) is 4.29. The van der Waals surface area contributed by atoms with E-state index in [0.717, 1.165) is 36.6 Å². The maximum atomic E-state index is 8.18. The van der Waals surface area contributed by atoms with E-state index in [2.05, 4.69) is 33.7 Å². The van der Waals surface area contributed by atoms with Crippen molar-refractivity contribution in [2.24, 2.45) is 0 Å². The Labute approximate surface area is 165 Å². The fourth-order valence-corrected chi connectivity index (χ4v) is 4.25. The Morgan fingerprint density at radius 2 is 2.16 bits per heavy atom. The minimum Gasteiger partial charge on any atom is -0.367 e. The van der Waals surface area contributed by atoms with Gasteiger partial charge in [-0.05, 0) is 61.0 Å². The summed E-state index contributed by atoms with van der Waals surface area (Å²) in [6, 6.07) is 11.2. The third-order valence-corrected chi connectivity index (χ3v) is 5.63. The van der Waals surface area contributed by atoms with E-state index in [-0.39, 0.29) is 24.8 Å². The molecule has 2 aliphatic heterocycles. The number of hydrogen-bond acceptors (Lipinski definition) is 4. The van der Waals surface area contributed by atoms with Gasteiger partial charge in [0, 0.05) is 30.5 Å². The molecule has 0 aliphatic carbocycles. The molecule has 3 N–H and O–H groups in total. The second kappa shape index (κ2) is 8.90. The zero-order chi connectivity index (χ0) is 15.6. The summed E-state index contributed by atoms with van der Waals surface area (Å²) in [5, 5.41) is 16.9. The first-order valence-electron chi connectivity index (χ1n) is 8.31. The Kier molecular flexibility index (Phi) is 7.14. The number of fused-ring (bicyclic) bond motifs is 1. The van der Waals surface area contributed by atoms with Crippen molar-refractivity contribution >= 4 is 53.4 Å². The molecule has 25 heavy (non-hydrogen) atoms. The van der Waals surface area contributed by atoms with E-state index in [1.165, 1.54) is 24.1 Å². The first-order valence-corrected chi connectivity index (χ1v) is 9.19. The van der Waals surface area contributed by atoms with E-state index >= 15 is 0 Å². The number of thiophene rings is 1. The van der Waals surface area contributed by atoms with Crippen molar-refractivity contribution in [1.29, 1.82) is 5.41 Å². The third-order valence-electron chi connectivity index (χ3n) is 4.75. The quantitative estimate of drug-likeness (QED) is 0.537. The van der Waals surface area contributed by atoms with Crippen LogP contribution in [-0.4, -0.2) is 31.5 Å². The molecule has 4 rings (SSSR count). The summed E-state index contributed by atoms with van der Waals surface area (Å²) in [5.41, 5.74) is 3.82. The number of aryl methyl sites for hydroxylation is 1. The lowest BCUT2D eigenvalue weighted by atomic mass is 9.99. The number of hydrogen-bond donors (Lipinski definition) is 3. The Hall–Kier alpha value is -1.27. The zero-order valence-corrected chi connectivity index (χ0v) is 16.4. The van der Waals surface area contributed by atoms with Crippen molar-refractivity contribution in [2.45, 2.75) is 25.3 Å². The molecule has 0 spiro atoms.